The predicted molar refractivity (Wildman–Crippen MR) is 106 cm³/mol. The van der Waals surface area contributed by atoms with E-state index in [4.69, 9.17) is 25.5 Å². The highest BCUT2D eigenvalue weighted by molar-refractivity contribution is 6.32. The van der Waals surface area contributed by atoms with Crippen molar-refractivity contribution >= 4 is 23.2 Å². The van der Waals surface area contributed by atoms with Crippen LogP contribution in [0.2, 0.25) is 5.02 Å². The number of anilines is 1. The Morgan fingerprint density at radius 3 is 2.50 bits per heavy atom. The number of benzene rings is 2. The minimum absolute atomic E-state index is 0.169. The van der Waals surface area contributed by atoms with E-state index in [9.17, 15) is 4.79 Å². The largest absolute Gasteiger partial charge is 0.495 e. The molecule has 0 radical (unpaired) electrons. The van der Waals surface area contributed by atoms with Crippen molar-refractivity contribution in [2.45, 2.75) is 19.8 Å². The van der Waals surface area contributed by atoms with E-state index in [0.29, 0.717) is 40.4 Å². The molecule has 8 heteroatoms. The van der Waals surface area contributed by atoms with Gasteiger partial charge in [0.1, 0.15) is 11.5 Å². The summed E-state index contributed by atoms with van der Waals surface area (Å²) < 4.78 is 16.1. The first-order valence-electron chi connectivity index (χ1n) is 8.61. The summed E-state index contributed by atoms with van der Waals surface area (Å²) in [6.07, 6.45) is 0.485. The molecule has 1 heterocycles. The van der Waals surface area contributed by atoms with Gasteiger partial charge < -0.3 is 19.2 Å². The van der Waals surface area contributed by atoms with Gasteiger partial charge in [0, 0.05) is 24.5 Å². The Bertz CT molecular complexity index is 970. The average Bonchev–Trinajstić information content (AvgIpc) is 3.16. The van der Waals surface area contributed by atoms with Crippen molar-refractivity contribution in [1.82, 2.24) is 10.2 Å². The van der Waals surface area contributed by atoms with Gasteiger partial charge in [0.05, 0.1) is 24.9 Å². The zero-order valence-electron chi connectivity index (χ0n) is 15.8. The number of amides is 1. The normalized spacial score (nSPS) is 10.6. The number of methoxy groups -OCH3 is 2. The van der Waals surface area contributed by atoms with Gasteiger partial charge in [-0.3, -0.25) is 4.79 Å². The number of hydrogen-bond acceptors (Lipinski definition) is 6. The quantitative estimate of drug-likeness (QED) is 0.635. The summed E-state index contributed by atoms with van der Waals surface area (Å²) in [5.41, 5.74) is 2.45. The number of halogens is 1. The topological polar surface area (TPSA) is 86.5 Å². The maximum absolute atomic E-state index is 12.3. The van der Waals surface area contributed by atoms with Crippen LogP contribution in [0, 0.1) is 6.92 Å². The Hall–Kier alpha value is -3.06. The summed E-state index contributed by atoms with van der Waals surface area (Å²) >= 11 is 6.12. The highest BCUT2D eigenvalue weighted by Crippen LogP contribution is 2.36. The van der Waals surface area contributed by atoms with Crippen molar-refractivity contribution in [2.75, 3.05) is 19.5 Å². The van der Waals surface area contributed by atoms with Crippen LogP contribution in [0.3, 0.4) is 0 Å². The molecule has 0 bridgehead atoms. The zero-order valence-corrected chi connectivity index (χ0v) is 16.5. The van der Waals surface area contributed by atoms with Crippen LogP contribution in [0.25, 0.3) is 11.5 Å². The highest BCUT2D eigenvalue weighted by Gasteiger charge is 2.14. The van der Waals surface area contributed by atoms with Crippen LogP contribution in [-0.2, 0) is 11.2 Å². The molecule has 146 valence electrons. The van der Waals surface area contributed by atoms with Gasteiger partial charge in [0.25, 0.3) is 0 Å². The van der Waals surface area contributed by atoms with Gasteiger partial charge in [-0.15, -0.1) is 10.2 Å². The van der Waals surface area contributed by atoms with Crippen LogP contribution in [0.1, 0.15) is 17.9 Å². The van der Waals surface area contributed by atoms with Crippen molar-refractivity contribution in [2.24, 2.45) is 0 Å². The molecule has 0 aliphatic rings. The van der Waals surface area contributed by atoms with Gasteiger partial charge in [-0.2, -0.15) is 0 Å². The number of carbonyl (C=O) groups excluding carboxylic acids is 1. The van der Waals surface area contributed by atoms with Gasteiger partial charge in [0.2, 0.25) is 17.7 Å². The van der Waals surface area contributed by atoms with Gasteiger partial charge in [-0.25, -0.2) is 0 Å². The fourth-order valence-corrected chi connectivity index (χ4v) is 2.80. The number of nitrogens with zero attached hydrogens (tertiary/aromatic N) is 2. The van der Waals surface area contributed by atoms with Gasteiger partial charge >= 0.3 is 0 Å². The van der Waals surface area contributed by atoms with E-state index < -0.39 is 0 Å². The highest BCUT2D eigenvalue weighted by atomic mass is 35.5. The minimum Gasteiger partial charge on any atom is -0.495 e. The van der Waals surface area contributed by atoms with E-state index >= 15 is 0 Å². The van der Waals surface area contributed by atoms with Crippen molar-refractivity contribution in [3.05, 3.63) is 52.9 Å². The molecule has 7 nitrogen and oxygen atoms in total. The van der Waals surface area contributed by atoms with E-state index in [1.54, 1.807) is 12.1 Å². The van der Waals surface area contributed by atoms with Crippen LogP contribution in [0.4, 0.5) is 5.69 Å². The third kappa shape index (κ3) is 4.61. The summed E-state index contributed by atoms with van der Waals surface area (Å²) in [5.74, 6) is 1.51. The SMILES string of the molecule is COc1cc(OC)c(NC(=O)CCc2nnc(-c3ccc(C)cc3)o2)cc1Cl. The van der Waals surface area contributed by atoms with Crippen LogP contribution < -0.4 is 14.8 Å². The molecule has 0 aliphatic carbocycles. The number of rotatable bonds is 7. The molecule has 1 amide bonds. The van der Waals surface area contributed by atoms with E-state index in [1.165, 1.54) is 14.2 Å². The Morgan fingerprint density at radius 1 is 1.11 bits per heavy atom. The lowest BCUT2D eigenvalue weighted by atomic mass is 10.1. The van der Waals surface area contributed by atoms with Crippen molar-refractivity contribution in [3.63, 3.8) is 0 Å². The number of nitrogens with one attached hydrogen (secondary N) is 1. The van der Waals surface area contributed by atoms with E-state index in [0.717, 1.165) is 11.1 Å². The van der Waals surface area contributed by atoms with Crippen molar-refractivity contribution in [3.8, 4) is 23.0 Å². The third-order valence-corrected chi connectivity index (χ3v) is 4.37. The van der Waals surface area contributed by atoms with E-state index in [1.807, 2.05) is 31.2 Å². The molecule has 0 spiro atoms. The Labute approximate surface area is 167 Å². The van der Waals surface area contributed by atoms with E-state index in [2.05, 4.69) is 15.5 Å². The summed E-state index contributed by atoms with van der Waals surface area (Å²) in [6, 6.07) is 11.0. The van der Waals surface area contributed by atoms with Crippen molar-refractivity contribution < 1.29 is 18.7 Å². The maximum atomic E-state index is 12.3. The Kier molecular flexibility index (Phi) is 6.16. The lowest BCUT2D eigenvalue weighted by Gasteiger charge is -2.12. The molecule has 0 atom stereocenters. The van der Waals surface area contributed by atoms with Crippen LogP contribution in [0.15, 0.2) is 40.8 Å². The minimum atomic E-state index is -0.227. The first-order chi connectivity index (χ1) is 13.5. The standard InChI is InChI=1S/C20H20ClN3O4/c1-12-4-6-13(7-5-12)20-24-23-19(28-20)9-8-18(25)22-15-10-14(21)16(26-2)11-17(15)27-3/h4-7,10-11H,8-9H2,1-3H3,(H,22,25). The molecule has 1 aromatic heterocycles. The lowest BCUT2D eigenvalue weighted by molar-refractivity contribution is -0.116. The van der Waals surface area contributed by atoms with Crippen molar-refractivity contribution in [1.29, 1.82) is 0 Å². The molecule has 0 saturated carbocycles. The second kappa shape index (κ2) is 8.75. The number of ether oxygens (including phenoxy) is 2. The van der Waals surface area contributed by atoms with Crippen LogP contribution in [-0.4, -0.2) is 30.3 Å². The fourth-order valence-electron chi connectivity index (χ4n) is 2.56. The smallest absolute Gasteiger partial charge is 0.247 e. The van der Waals surface area contributed by atoms with Gasteiger partial charge in [-0.1, -0.05) is 29.3 Å². The molecule has 1 N–H and O–H groups in total. The summed E-state index contributed by atoms with van der Waals surface area (Å²) in [4.78, 5) is 12.3. The predicted octanol–water partition coefficient (Wildman–Crippen LogP) is 4.29. The molecular weight excluding hydrogens is 382 g/mol. The van der Waals surface area contributed by atoms with Gasteiger partial charge in [-0.05, 0) is 25.1 Å². The maximum Gasteiger partial charge on any atom is 0.247 e. The molecule has 3 rings (SSSR count). The number of aryl methyl sites for hydroxylation is 2. The first kappa shape index (κ1) is 19.7. The molecule has 0 aliphatic heterocycles. The molecule has 0 saturated heterocycles. The zero-order chi connectivity index (χ0) is 20.1. The third-order valence-electron chi connectivity index (χ3n) is 4.08. The number of hydrogen-bond donors (Lipinski definition) is 1. The van der Waals surface area contributed by atoms with Crippen LogP contribution in [0.5, 0.6) is 11.5 Å². The number of aromatic nitrogens is 2. The molecule has 0 unspecified atom stereocenters. The monoisotopic (exact) mass is 401 g/mol. The van der Waals surface area contributed by atoms with Gasteiger partial charge in [0.15, 0.2) is 0 Å². The summed E-state index contributed by atoms with van der Waals surface area (Å²) in [7, 11) is 3.01. The summed E-state index contributed by atoms with van der Waals surface area (Å²) in [6.45, 7) is 2.01. The fraction of sp³-hybridized carbons (Fsp3) is 0.250. The molecule has 2 aromatic carbocycles. The molecule has 0 fully saturated rings. The second-order valence-corrected chi connectivity index (χ2v) is 6.51. The Morgan fingerprint density at radius 2 is 1.82 bits per heavy atom. The van der Waals surface area contributed by atoms with E-state index in [-0.39, 0.29) is 12.3 Å². The molecular formula is C20H20ClN3O4. The Balaban J connectivity index is 1.62. The summed E-state index contributed by atoms with van der Waals surface area (Å²) in [5, 5.41) is 11.2. The molecule has 3 aromatic rings. The lowest BCUT2D eigenvalue weighted by Crippen LogP contribution is -2.13. The van der Waals surface area contributed by atoms with Crippen LogP contribution >= 0.6 is 11.6 Å². The first-order valence-corrected chi connectivity index (χ1v) is 8.98. The average molecular weight is 402 g/mol. The number of carbonyl (C=O) groups is 1. The second-order valence-electron chi connectivity index (χ2n) is 6.10. The molecule has 28 heavy (non-hydrogen) atoms.